The predicted molar refractivity (Wildman–Crippen MR) is 61.3 cm³/mol. The lowest BCUT2D eigenvalue weighted by Crippen LogP contribution is -2.08. The minimum absolute atomic E-state index is 0.211. The average molecular weight is 269 g/mol. The summed E-state index contributed by atoms with van der Waals surface area (Å²) in [4.78, 5) is 3.92. The number of ether oxygens (including phenoxy) is 1. The summed E-state index contributed by atoms with van der Waals surface area (Å²) >= 11 is 0. The number of fused-ring (bicyclic) bond motifs is 1. The Labute approximate surface area is 107 Å². The van der Waals surface area contributed by atoms with Crippen molar-refractivity contribution in [2.45, 2.75) is 12.7 Å². The SMILES string of the molecule is COCCn1cnc2cc(C(F)(F)F)c(C#N)cc21. The summed E-state index contributed by atoms with van der Waals surface area (Å²) in [5.41, 5.74) is -0.664. The van der Waals surface area contributed by atoms with Crippen LogP contribution in [0.15, 0.2) is 18.5 Å². The van der Waals surface area contributed by atoms with Crippen molar-refractivity contribution in [3.63, 3.8) is 0 Å². The third kappa shape index (κ3) is 2.53. The van der Waals surface area contributed by atoms with E-state index in [0.29, 0.717) is 18.7 Å². The van der Waals surface area contributed by atoms with Crippen molar-refractivity contribution >= 4 is 11.0 Å². The van der Waals surface area contributed by atoms with Crippen molar-refractivity contribution in [1.82, 2.24) is 9.55 Å². The van der Waals surface area contributed by atoms with Gasteiger partial charge in [0.1, 0.15) is 0 Å². The fourth-order valence-electron chi connectivity index (χ4n) is 1.80. The van der Waals surface area contributed by atoms with Gasteiger partial charge in [-0.2, -0.15) is 18.4 Å². The monoisotopic (exact) mass is 269 g/mol. The molecular weight excluding hydrogens is 259 g/mol. The van der Waals surface area contributed by atoms with E-state index >= 15 is 0 Å². The second-order valence-electron chi connectivity index (χ2n) is 3.93. The Morgan fingerprint density at radius 3 is 2.74 bits per heavy atom. The number of halogens is 3. The van der Waals surface area contributed by atoms with Gasteiger partial charge in [-0.25, -0.2) is 4.98 Å². The topological polar surface area (TPSA) is 50.8 Å². The summed E-state index contributed by atoms with van der Waals surface area (Å²) in [5.74, 6) is 0. The van der Waals surface area contributed by atoms with Gasteiger partial charge >= 0.3 is 6.18 Å². The molecule has 7 heteroatoms. The molecule has 100 valence electrons. The van der Waals surface area contributed by atoms with Crippen LogP contribution in [-0.2, 0) is 17.5 Å². The van der Waals surface area contributed by atoms with Crippen LogP contribution in [0.4, 0.5) is 13.2 Å². The number of hydrogen-bond acceptors (Lipinski definition) is 3. The molecule has 0 atom stereocenters. The van der Waals surface area contributed by atoms with E-state index in [2.05, 4.69) is 4.98 Å². The van der Waals surface area contributed by atoms with Crippen molar-refractivity contribution in [2.24, 2.45) is 0 Å². The minimum Gasteiger partial charge on any atom is -0.383 e. The molecule has 4 nitrogen and oxygen atoms in total. The standard InChI is InChI=1S/C12H10F3N3O/c1-19-3-2-18-7-17-10-5-9(12(13,14)15)8(6-16)4-11(10)18/h4-5,7H,2-3H2,1H3. The Kier molecular flexibility index (Phi) is 3.44. The number of benzene rings is 1. The first kappa shape index (κ1) is 13.4. The maximum Gasteiger partial charge on any atom is 0.417 e. The van der Waals surface area contributed by atoms with Gasteiger partial charge < -0.3 is 9.30 Å². The summed E-state index contributed by atoms with van der Waals surface area (Å²) in [6, 6.07) is 3.68. The number of rotatable bonds is 3. The summed E-state index contributed by atoms with van der Waals surface area (Å²) in [5, 5.41) is 8.84. The Morgan fingerprint density at radius 1 is 1.42 bits per heavy atom. The molecule has 0 aliphatic rings. The molecule has 0 amide bonds. The Bertz CT molecular complexity index is 640. The zero-order chi connectivity index (χ0) is 14.0. The Balaban J connectivity index is 2.57. The minimum atomic E-state index is -4.56. The van der Waals surface area contributed by atoms with E-state index in [1.165, 1.54) is 19.5 Å². The molecule has 0 unspecified atom stereocenters. The van der Waals surface area contributed by atoms with E-state index in [4.69, 9.17) is 10.00 Å². The van der Waals surface area contributed by atoms with Gasteiger partial charge in [0.15, 0.2) is 0 Å². The molecule has 0 fully saturated rings. The maximum atomic E-state index is 12.8. The smallest absolute Gasteiger partial charge is 0.383 e. The number of nitriles is 1. The van der Waals surface area contributed by atoms with Crippen molar-refractivity contribution < 1.29 is 17.9 Å². The molecule has 1 aromatic heterocycles. The molecule has 0 radical (unpaired) electrons. The zero-order valence-electron chi connectivity index (χ0n) is 10.0. The summed E-state index contributed by atoms with van der Waals surface area (Å²) in [7, 11) is 1.53. The third-order valence-electron chi connectivity index (χ3n) is 2.72. The van der Waals surface area contributed by atoms with Gasteiger partial charge in [-0.3, -0.25) is 0 Å². The van der Waals surface area contributed by atoms with Crippen molar-refractivity contribution in [2.75, 3.05) is 13.7 Å². The maximum absolute atomic E-state index is 12.8. The van der Waals surface area contributed by atoms with E-state index in [9.17, 15) is 13.2 Å². The number of aromatic nitrogens is 2. The van der Waals surface area contributed by atoms with E-state index in [1.807, 2.05) is 0 Å². The summed E-state index contributed by atoms with van der Waals surface area (Å²) < 4.78 is 44.9. The van der Waals surface area contributed by atoms with Crippen molar-refractivity contribution in [1.29, 1.82) is 5.26 Å². The molecule has 0 spiro atoms. The Morgan fingerprint density at radius 2 is 2.16 bits per heavy atom. The normalized spacial score (nSPS) is 11.7. The van der Waals surface area contributed by atoms with Crippen molar-refractivity contribution in [3.8, 4) is 6.07 Å². The van der Waals surface area contributed by atoms with Gasteiger partial charge in [-0.1, -0.05) is 0 Å². The summed E-state index contributed by atoms with van der Waals surface area (Å²) in [6.07, 6.45) is -3.12. The summed E-state index contributed by atoms with van der Waals surface area (Å²) in [6.45, 7) is 0.873. The van der Waals surface area contributed by atoms with Crippen molar-refractivity contribution in [3.05, 3.63) is 29.6 Å². The molecular formula is C12H10F3N3O. The number of hydrogen-bond donors (Lipinski definition) is 0. The molecule has 2 aromatic rings. The van der Waals surface area contributed by atoms with Gasteiger partial charge in [0.25, 0.3) is 0 Å². The van der Waals surface area contributed by atoms with Gasteiger partial charge in [0.2, 0.25) is 0 Å². The first-order chi connectivity index (χ1) is 8.97. The lowest BCUT2D eigenvalue weighted by atomic mass is 10.1. The molecule has 2 rings (SSSR count). The highest BCUT2D eigenvalue weighted by Crippen LogP contribution is 2.34. The molecule has 0 saturated heterocycles. The van der Waals surface area contributed by atoms with Crippen LogP contribution in [0.2, 0.25) is 0 Å². The van der Waals surface area contributed by atoms with Gasteiger partial charge in [-0.05, 0) is 12.1 Å². The molecule has 0 N–H and O–H groups in total. The number of methoxy groups -OCH3 is 1. The molecule has 0 aliphatic heterocycles. The lowest BCUT2D eigenvalue weighted by molar-refractivity contribution is -0.137. The molecule has 1 aromatic carbocycles. The third-order valence-corrected chi connectivity index (χ3v) is 2.72. The first-order valence-electron chi connectivity index (χ1n) is 5.42. The van der Waals surface area contributed by atoms with E-state index in [1.54, 1.807) is 10.6 Å². The second-order valence-corrected chi connectivity index (χ2v) is 3.93. The Hall–Kier alpha value is -2.07. The molecule has 0 bridgehead atoms. The van der Waals surface area contributed by atoms with Gasteiger partial charge in [-0.15, -0.1) is 0 Å². The van der Waals surface area contributed by atoms with Crippen LogP contribution in [0.25, 0.3) is 11.0 Å². The number of alkyl halides is 3. The second kappa shape index (κ2) is 4.90. The highest BCUT2D eigenvalue weighted by molar-refractivity contribution is 5.78. The number of imidazole rings is 1. The van der Waals surface area contributed by atoms with Gasteiger partial charge in [0.05, 0.1) is 41.2 Å². The van der Waals surface area contributed by atoms with Crippen LogP contribution < -0.4 is 0 Å². The first-order valence-corrected chi connectivity index (χ1v) is 5.42. The molecule has 1 heterocycles. The highest BCUT2D eigenvalue weighted by atomic mass is 19.4. The predicted octanol–water partition coefficient (Wildman–Crippen LogP) is 2.57. The largest absolute Gasteiger partial charge is 0.417 e. The quantitative estimate of drug-likeness (QED) is 0.860. The number of nitrogens with zero attached hydrogens (tertiary/aromatic N) is 3. The molecule has 0 aliphatic carbocycles. The van der Waals surface area contributed by atoms with E-state index < -0.39 is 17.3 Å². The molecule has 19 heavy (non-hydrogen) atoms. The fraction of sp³-hybridized carbons (Fsp3) is 0.333. The van der Waals surface area contributed by atoms with Crippen LogP contribution in [0.1, 0.15) is 11.1 Å². The van der Waals surface area contributed by atoms with Crippen LogP contribution in [-0.4, -0.2) is 23.3 Å². The van der Waals surface area contributed by atoms with E-state index in [-0.39, 0.29) is 5.52 Å². The highest BCUT2D eigenvalue weighted by Gasteiger charge is 2.34. The van der Waals surface area contributed by atoms with Crippen LogP contribution in [0.3, 0.4) is 0 Å². The lowest BCUT2D eigenvalue weighted by Gasteiger charge is -2.09. The van der Waals surface area contributed by atoms with E-state index in [0.717, 1.165) is 6.07 Å². The average Bonchev–Trinajstić information content (AvgIpc) is 2.76. The van der Waals surface area contributed by atoms with Crippen LogP contribution in [0.5, 0.6) is 0 Å². The van der Waals surface area contributed by atoms with Crippen LogP contribution in [0, 0.1) is 11.3 Å². The van der Waals surface area contributed by atoms with Crippen LogP contribution >= 0.6 is 0 Å². The van der Waals surface area contributed by atoms with Gasteiger partial charge in [0, 0.05) is 13.7 Å². The zero-order valence-corrected chi connectivity index (χ0v) is 10.0. The fourth-order valence-corrected chi connectivity index (χ4v) is 1.80. The molecule has 0 saturated carbocycles.